The van der Waals surface area contributed by atoms with Crippen LogP contribution in [0.1, 0.15) is 38.7 Å². The summed E-state index contributed by atoms with van der Waals surface area (Å²) in [5, 5.41) is 5.22. The molecule has 7 heteroatoms. The smallest absolute Gasteiger partial charge is 0.338 e. The van der Waals surface area contributed by atoms with E-state index in [0.29, 0.717) is 28.3 Å². The zero-order valence-electron chi connectivity index (χ0n) is 17.8. The van der Waals surface area contributed by atoms with Gasteiger partial charge in [-0.2, -0.15) is 0 Å². The van der Waals surface area contributed by atoms with Crippen LogP contribution in [0.15, 0.2) is 82.0 Å². The van der Waals surface area contributed by atoms with E-state index in [-0.39, 0.29) is 0 Å². The van der Waals surface area contributed by atoms with Gasteiger partial charge in [-0.3, -0.25) is 0 Å². The van der Waals surface area contributed by atoms with E-state index in [1.807, 2.05) is 41.2 Å². The Morgan fingerprint density at radius 3 is 2.16 bits per heavy atom. The maximum Gasteiger partial charge on any atom is 0.338 e. The van der Waals surface area contributed by atoms with Gasteiger partial charge >= 0.3 is 11.9 Å². The molecule has 0 saturated carbocycles. The highest BCUT2D eigenvalue weighted by Gasteiger charge is 2.39. The van der Waals surface area contributed by atoms with Crippen LogP contribution < -0.4 is 5.32 Å². The second-order valence-corrected chi connectivity index (χ2v) is 7.48. The second kappa shape index (κ2) is 8.18. The summed E-state index contributed by atoms with van der Waals surface area (Å²) in [4.78, 5) is 25.9. The average molecular weight is 420 g/mol. The summed E-state index contributed by atoms with van der Waals surface area (Å²) in [6, 6.07) is 11.4. The van der Waals surface area contributed by atoms with Crippen molar-refractivity contribution < 1.29 is 23.5 Å². The molecule has 2 unspecified atom stereocenters. The molecule has 4 rings (SSSR count). The first-order valence-corrected chi connectivity index (χ1v) is 9.98. The summed E-state index contributed by atoms with van der Waals surface area (Å²) in [6.07, 6.45) is 4.82. The molecule has 0 spiro atoms. The van der Waals surface area contributed by atoms with Crippen molar-refractivity contribution in [3.05, 3.63) is 83.4 Å². The fourth-order valence-electron chi connectivity index (χ4n) is 3.98. The van der Waals surface area contributed by atoms with Crippen molar-refractivity contribution in [2.24, 2.45) is 0 Å². The molecule has 1 aliphatic heterocycles. The Balaban J connectivity index is 1.67. The minimum absolute atomic E-state index is 0.310. The van der Waals surface area contributed by atoms with Crippen LogP contribution in [0.25, 0.3) is 10.8 Å². The number of methoxy groups -OCH3 is 1. The Morgan fingerprint density at radius 2 is 1.61 bits per heavy atom. The third-order valence-corrected chi connectivity index (χ3v) is 5.48. The van der Waals surface area contributed by atoms with Gasteiger partial charge in [0.2, 0.25) is 0 Å². The maximum absolute atomic E-state index is 13.3. The summed E-state index contributed by atoms with van der Waals surface area (Å²) < 4.78 is 18.2. The molecule has 2 aromatic heterocycles. The zero-order chi connectivity index (χ0) is 22.1. The van der Waals surface area contributed by atoms with Gasteiger partial charge in [0.05, 0.1) is 30.4 Å². The first kappa shape index (κ1) is 20.5. The SMILES string of the molecule is COC(=O)C1=C(C)NC(C)=C(C(=O)OC(C)n2cc3ccccc3c2)C1c1ccco1. The van der Waals surface area contributed by atoms with Gasteiger partial charge in [0, 0.05) is 23.8 Å². The molecule has 0 radical (unpaired) electrons. The number of ether oxygens (including phenoxy) is 2. The number of hydrogen-bond acceptors (Lipinski definition) is 6. The first-order valence-electron chi connectivity index (χ1n) is 9.98. The van der Waals surface area contributed by atoms with Gasteiger partial charge in [-0.25, -0.2) is 9.59 Å². The van der Waals surface area contributed by atoms with Crippen molar-refractivity contribution in [3.8, 4) is 0 Å². The van der Waals surface area contributed by atoms with E-state index in [1.165, 1.54) is 13.4 Å². The Bertz CT molecular complexity index is 1170. The van der Waals surface area contributed by atoms with Gasteiger partial charge in [0.25, 0.3) is 0 Å². The van der Waals surface area contributed by atoms with E-state index in [9.17, 15) is 9.59 Å². The summed E-state index contributed by atoms with van der Waals surface area (Å²) >= 11 is 0. The predicted octanol–water partition coefficient (Wildman–Crippen LogP) is 4.40. The molecular weight excluding hydrogens is 396 g/mol. The van der Waals surface area contributed by atoms with Crippen LogP contribution in [0.4, 0.5) is 0 Å². The highest BCUT2D eigenvalue weighted by atomic mass is 16.6. The molecule has 2 atom stereocenters. The number of aromatic nitrogens is 1. The van der Waals surface area contributed by atoms with Crippen LogP contribution in [-0.4, -0.2) is 23.6 Å². The third kappa shape index (κ3) is 3.74. The number of fused-ring (bicyclic) bond motifs is 1. The lowest BCUT2D eigenvalue weighted by Crippen LogP contribution is -2.32. The van der Waals surface area contributed by atoms with E-state index in [4.69, 9.17) is 13.9 Å². The van der Waals surface area contributed by atoms with Crippen molar-refractivity contribution >= 4 is 22.7 Å². The molecule has 1 aliphatic rings. The maximum atomic E-state index is 13.3. The number of dihydropyridines is 1. The molecular formula is C24H24N2O5. The van der Waals surface area contributed by atoms with Gasteiger partial charge in [0.1, 0.15) is 5.76 Å². The Morgan fingerprint density at radius 1 is 1.00 bits per heavy atom. The monoisotopic (exact) mass is 420 g/mol. The molecule has 0 bridgehead atoms. The lowest BCUT2D eigenvalue weighted by Gasteiger charge is -2.29. The molecule has 1 N–H and O–H groups in total. The van der Waals surface area contributed by atoms with Crippen molar-refractivity contribution in [3.63, 3.8) is 0 Å². The molecule has 3 aromatic rings. The van der Waals surface area contributed by atoms with Gasteiger partial charge in [-0.05, 0) is 43.7 Å². The van der Waals surface area contributed by atoms with E-state index in [0.717, 1.165) is 10.8 Å². The van der Waals surface area contributed by atoms with E-state index >= 15 is 0 Å². The third-order valence-electron chi connectivity index (χ3n) is 5.48. The number of allylic oxidation sites excluding steroid dienone is 2. The van der Waals surface area contributed by atoms with Gasteiger partial charge in [-0.1, -0.05) is 24.3 Å². The number of esters is 2. The number of carbonyl (C=O) groups is 2. The van der Waals surface area contributed by atoms with Crippen molar-refractivity contribution in [1.29, 1.82) is 0 Å². The summed E-state index contributed by atoms with van der Waals surface area (Å²) in [5.41, 5.74) is 1.83. The minimum atomic E-state index is -0.730. The Hall–Kier alpha value is -3.74. The second-order valence-electron chi connectivity index (χ2n) is 7.48. The van der Waals surface area contributed by atoms with Crippen LogP contribution in [0.5, 0.6) is 0 Å². The largest absolute Gasteiger partial charge is 0.468 e. The molecule has 160 valence electrons. The minimum Gasteiger partial charge on any atom is -0.468 e. The van der Waals surface area contributed by atoms with Gasteiger partial charge in [-0.15, -0.1) is 0 Å². The normalized spacial score (nSPS) is 17.5. The van der Waals surface area contributed by atoms with Crippen LogP contribution in [0.3, 0.4) is 0 Å². The number of benzene rings is 1. The quantitative estimate of drug-likeness (QED) is 0.616. The molecule has 3 heterocycles. The van der Waals surface area contributed by atoms with Crippen LogP contribution in [-0.2, 0) is 19.1 Å². The van der Waals surface area contributed by atoms with Crippen molar-refractivity contribution in [2.75, 3.05) is 7.11 Å². The number of nitrogens with zero attached hydrogens (tertiary/aromatic N) is 1. The Kier molecular flexibility index (Phi) is 5.42. The van der Waals surface area contributed by atoms with Gasteiger partial charge < -0.3 is 23.8 Å². The number of carbonyl (C=O) groups excluding carboxylic acids is 2. The van der Waals surface area contributed by atoms with E-state index in [2.05, 4.69) is 5.32 Å². The first-order chi connectivity index (χ1) is 14.9. The highest BCUT2D eigenvalue weighted by molar-refractivity contribution is 5.99. The van der Waals surface area contributed by atoms with Gasteiger partial charge in [0.15, 0.2) is 6.23 Å². The lowest BCUT2D eigenvalue weighted by molar-refractivity contribution is -0.148. The molecule has 31 heavy (non-hydrogen) atoms. The standard InChI is InChI=1S/C24H24N2O5/c1-14-20(23(27)29-4)22(19-10-7-11-30-19)21(15(2)25-14)24(28)31-16(3)26-12-17-8-5-6-9-18(17)13-26/h5-13,16,22,25H,1-4H3. The number of hydrogen-bond donors (Lipinski definition) is 1. The van der Waals surface area contributed by atoms with E-state index < -0.39 is 24.1 Å². The van der Waals surface area contributed by atoms with Crippen molar-refractivity contribution in [2.45, 2.75) is 32.9 Å². The summed E-state index contributed by atoms with van der Waals surface area (Å²) in [5.74, 6) is -1.33. The fraction of sp³-hybridized carbons (Fsp3) is 0.250. The zero-order valence-corrected chi connectivity index (χ0v) is 17.8. The van der Waals surface area contributed by atoms with Crippen LogP contribution in [0.2, 0.25) is 0 Å². The molecule has 0 aliphatic carbocycles. The molecule has 0 saturated heterocycles. The lowest BCUT2D eigenvalue weighted by atomic mass is 9.83. The summed E-state index contributed by atoms with van der Waals surface area (Å²) in [7, 11) is 1.31. The van der Waals surface area contributed by atoms with Crippen LogP contribution in [0, 0.1) is 0 Å². The average Bonchev–Trinajstić information content (AvgIpc) is 3.42. The predicted molar refractivity (Wildman–Crippen MR) is 115 cm³/mol. The summed E-state index contributed by atoms with van der Waals surface area (Å²) in [6.45, 7) is 5.34. The number of rotatable bonds is 5. The molecule has 0 amide bonds. The fourth-order valence-corrected chi connectivity index (χ4v) is 3.98. The number of nitrogens with one attached hydrogen (secondary N) is 1. The Labute approximate surface area is 179 Å². The topological polar surface area (TPSA) is 82.7 Å². The molecule has 0 fully saturated rings. The van der Waals surface area contributed by atoms with E-state index in [1.54, 1.807) is 32.9 Å². The number of furan rings is 1. The molecule has 1 aromatic carbocycles. The van der Waals surface area contributed by atoms with Crippen LogP contribution >= 0.6 is 0 Å². The van der Waals surface area contributed by atoms with Crippen molar-refractivity contribution in [1.82, 2.24) is 9.88 Å². The highest BCUT2D eigenvalue weighted by Crippen LogP contribution is 2.39. The molecule has 7 nitrogen and oxygen atoms in total.